The lowest BCUT2D eigenvalue weighted by molar-refractivity contribution is 0.128. The first kappa shape index (κ1) is 13.5. The third kappa shape index (κ3) is 3.55. The van der Waals surface area contributed by atoms with Gasteiger partial charge in [0.1, 0.15) is 5.82 Å². The quantitative estimate of drug-likeness (QED) is 0.782. The molecule has 0 N–H and O–H groups in total. The standard InChI is InChI=1S/C16H24FN/c1-3-13(2)18-10-4-5-15(12-18)11-14-6-8-16(17)9-7-14/h6-9,13,15H,3-5,10-12H2,1-2H3/t13?,15-/m1/s1. The molecule has 1 heterocycles. The summed E-state index contributed by atoms with van der Waals surface area (Å²) in [4.78, 5) is 2.61. The Hall–Kier alpha value is -0.890. The number of nitrogens with zero attached hydrogens (tertiary/aromatic N) is 1. The predicted octanol–water partition coefficient (Wildman–Crippen LogP) is 3.88. The van der Waals surface area contributed by atoms with E-state index in [2.05, 4.69) is 18.7 Å². The van der Waals surface area contributed by atoms with Gasteiger partial charge in [0.15, 0.2) is 0 Å². The number of benzene rings is 1. The van der Waals surface area contributed by atoms with E-state index in [0.29, 0.717) is 6.04 Å². The van der Waals surface area contributed by atoms with Crippen molar-refractivity contribution in [3.63, 3.8) is 0 Å². The Labute approximate surface area is 110 Å². The highest BCUT2D eigenvalue weighted by molar-refractivity contribution is 5.16. The van der Waals surface area contributed by atoms with E-state index in [4.69, 9.17) is 0 Å². The summed E-state index contributed by atoms with van der Waals surface area (Å²) in [5.41, 5.74) is 1.27. The van der Waals surface area contributed by atoms with Crippen molar-refractivity contribution in [2.24, 2.45) is 5.92 Å². The molecular weight excluding hydrogens is 225 g/mol. The van der Waals surface area contributed by atoms with Crippen molar-refractivity contribution >= 4 is 0 Å². The first-order valence-corrected chi connectivity index (χ1v) is 7.17. The molecule has 1 saturated heterocycles. The molecule has 2 atom stereocenters. The van der Waals surface area contributed by atoms with Gasteiger partial charge in [-0.2, -0.15) is 0 Å². The van der Waals surface area contributed by atoms with E-state index in [1.165, 1.54) is 37.9 Å². The van der Waals surface area contributed by atoms with Gasteiger partial charge in [-0.3, -0.25) is 0 Å². The summed E-state index contributed by atoms with van der Waals surface area (Å²) in [6.45, 7) is 7.02. The van der Waals surface area contributed by atoms with Crippen molar-refractivity contribution in [3.05, 3.63) is 35.6 Å². The van der Waals surface area contributed by atoms with Crippen LogP contribution < -0.4 is 0 Å². The SMILES string of the molecule is CCC(C)N1CCC[C@H](Cc2ccc(F)cc2)C1. The van der Waals surface area contributed by atoms with Gasteiger partial charge in [0.2, 0.25) is 0 Å². The average molecular weight is 249 g/mol. The summed E-state index contributed by atoms with van der Waals surface area (Å²) in [6, 6.07) is 7.70. The van der Waals surface area contributed by atoms with Gasteiger partial charge in [0.25, 0.3) is 0 Å². The van der Waals surface area contributed by atoms with Crippen LogP contribution in [0.3, 0.4) is 0 Å². The molecule has 0 radical (unpaired) electrons. The molecule has 100 valence electrons. The minimum absolute atomic E-state index is 0.136. The van der Waals surface area contributed by atoms with Gasteiger partial charge < -0.3 is 4.90 Å². The van der Waals surface area contributed by atoms with Gasteiger partial charge in [0.05, 0.1) is 0 Å². The van der Waals surface area contributed by atoms with Crippen LogP contribution in [0.5, 0.6) is 0 Å². The Morgan fingerprint density at radius 2 is 2.06 bits per heavy atom. The van der Waals surface area contributed by atoms with E-state index in [0.717, 1.165) is 12.3 Å². The number of piperidine rings is 1. The molecule has 1 nitrogen and oxygen atoms in total. The normalized spacial score (nSPS) is 22.9. The Bertz CT molecular complexity index is 360. The lowest BCUT2D eigenvalue weighted by atomic mass is 9.90. The maximum atomic E-state index is 12.9. The highest BCUT2D eigenvalue weighted by Gasteiger charge is 2.22. The van der Waals surface area contributed by atoms with Crippen molar-refractivity contribution in [1.82, 2.24) is 4.90 Å². The summed E-state index contributed by atoms with van der Waals surface area (Å²) in [7, 11) is 0. The van der Waals surface area contributed by atoms with Crippen LogP contribution in [0.25, 0.3) is 0 Å². The van der Waals surface area contributed by atoms with Crippen LogP contribution in [0.15, 0.2) is 24.3 Å². The maximum Gasteiger partial charge on any atom is 0.123 e. The van der Waals surface area contributed by atoms with Gasteiger partial charge in [-0.15, -0.1) is 0 Å². The Balaban J connectivity index is 1.91. The molecule has 0 spiro atoms. The minimum atomic E-state index is -0.136. The fraction of sp³-hybridized carbons (Fsp3) is 0.625. The first-order valence-electron chi connectivity index (χ1n) is 7.17. The summed E-state index contributed by atoms with van der Waals surface area (Å²) in [5.74, 6) is 0.599. The van der Waals surface area contributed by atoms with Crippen LogP contribution in [0, 0.1) is 11.7 Å². The van der Waals surface area contributed by atoms with Crippen molar-refractivity contribution in [2.75, 3.05) is 13.1 Å². The van der Waals surface area contributed by atoms with E-state index in [-0.39, 0.29) is 5.82 Å². The highest BCUT2D eigenvalue weighted by Crippen LogP contribution is 2.23. The second kappa shape index (κ2) is 6.33. The zero-order valence-electron chi connectivity index (χ0n) is 11.5. The summed E-state index contributed by atoms with van der Waals surface area (Å²) in [6.07, 6.45) is 4.93. The molecule has 2 heteroatoms. The smallest absolute Gasteiger partial charge is 0.123 e. The van der Waals surface area contributed by atoms with Crippen LogP contribution in [0.2, 0.25) is 0 Å². The molecule has 1 aromatic carbocycles. The lowest BCUT2D eigenvalue weighted by Gasteiger charge is -2.36. The van der Waals surface area contributed by atoms with Crippen molar-refractivity contribution in [2.45, 2.75) is 45.6 Å². The fourth-order valence-corrected chi connectivity index (χ4v) is 2.88. The Kier molecular flexibility index (Phi) is 4.76. The third-order valence-corrected chi connectivity index (χ3v) is 4.20. The largest absolute Gasteiger partial charge is 0.300 e. The zero-order chi connectivity index (χ0) is 13.0. The van der Waals surface area contributed by atoms with E-state index >= 15 is 0 Å². The lowest BCUT2D eigenvalue weighted by Crippen LogP contribution is -2.41. The first-order chi connectivity index (χ1) is 8.69. The molecule has 2 rings (SSSR count). The molecule has 0 amide bonds. The molecule has 1 aliphatic rings. The maximum absolute atomic E-state index is 12.9. The molecule has 0 saturated carbocycles. The van der Waals surface area contributed by atoms with E-state index in [1.54, 1.807) is 12.1 Å². The van der Waals surface area contributed by atoms with Gasteiger partial charge in [0, 0.05) is 12.6 Å². The highest BCUT2D eigenvalue weighted by atomic mass is 19.1. The second-order valence-corrected chi connectivity index (χ2v) is 5.59. The number of hydrogen-bond acceptors (Lipinski definition) is 1. The van der Waals surface area contributed by atoms with Crippen molar-refractivity contribution < 1.29 is 4.39 Å². The molecular formula is C16H24FN. The zero-order valence-corrected chi connectivity index (χ0v) is 11.5. The Morgan fingerprint density at radius 3 is 2.72 bits per heavy atom. The second-order valence-electron chi connectivity index (χ2n) is 5.59. The molecule has 0 aromatic heterocycles. The van der Waals surface area contributed by atoms with Crippen molar-refractivity contribution in [3.8, 4) is 0 Å². The molecule has 1 fully saturated rings. The topological polar surface area (TPSA) is 3.24 Å². The third-order valence-electron chi connectivity index (χ3n) is 4.20. The summed E-state index contributed by atoms with van der Waals surface area (Å²) >= 11 is 0. The Morgan fingerprint density at radius 1 is 1.33 bits per heavy atom. The van der Waals surface area contributed by atoms with Gasteiger partial charge in [-0.25, -0.2) is 4.39 Å². The van der Waals surface area contributed by atoms with E-state index in [9.17, 15) is 4.39 Å². The molecule has 1 aromatic rings. The number of halogens is 1. The average Bonchev–Trinajstić information content (AvgIpc) is 2.41. The number of likely N-dealkylation sites (tertiary alicyclic amines) is 1. The van der Waals surface area contributed by atoms with Gasteiger partial charge in [-0.05, 0) is 62.8 Å². The number of rotatable bonds is 4. The molecule has 1 unspecified atom stereocenters. The van der Waals surface area contributed by atoms with Gasteiger partial charge >= 0.3 is 0 Å². The minimum Gasteiger partial charge on any atom is -0.300 e. The van der Waals surface area contributed by atoms with Crippen LogP contribution in [0.1, 0.15) is 38.7 Å². The van der Waals surface area contributed by atoms with Crippen LogP contribution in [0.4, 0.5) is 4.39 Å². The van der Waals surface area contributed by atoms with Crippen LogP contribution in [-0.4, -0.2) is 24.0 Å². The van der Waals surface area contributed by atoms with E-state index in [1.807, 2.05) is 12.1 Å². The van der Waals surface area contributed by atoms with Crippen LogP contribution in [-0.2, 0) is 6.42 Å². The van der Waals surface area contributed by atoms with E-state index < -0.39 is 0 Å². The number of hydrogen-bond donors (Lipinski definition) is 0. The monoisotopic (exact) mass is 249 g/mol. The molecule has 0 bridgehead atoms. The predicted molar refractivity (Wildman–Crippen MR) is 74.2 cm³/mol. The van der Waals surface area contributed by atoms with Gasteiger partial charge in [-0.1, -0.05) is 19.1 Å². The van der Waals surface area contributed by atoms with Crippen molar-refractivity contribution in [1.29, 1.82) is 0 Å². The summed E-state index contributed by atoms with van der Waals surface area (Å²) < 4.78 is 12.9. The fourth-order valence-electron chi connectivity index (χ4n) is 2.88. The molecule has 18 heavy (non-hydrogen) atoms. The summed E-state index contributed by atoms with van der Waals surface area (Å²) in [5, 5.41) is 0. The molecule has 1 aliphatic heterocycles. The van der Waals surface area contributed by atoms with Crippen LogP contribution >= 0.6 is 0 Å². The molecule has 0 aliphatic carbocycles.